The summed E-state index contributed by atoms with van der Waals surface area (Å²) in [7, 11) is 0. The SMILES string of the molecule is CCCCC(CC)CN1CC[C@H](c2ccc(F)cc2)[C@@H](COc2ccc3c(c2)OCO3)C1. The Kier molecular flexibility index (Phi) is 7.90. The van der Waals surface area contributed by atoms with E-state index in [0.717, 1.165) is 49.2 Å². The summed E-state index contributed by atoms with van der Waals surface area (Å²) in [5, 5.41) is 0. The van der Waals surface area contributed by atoms with E-state index < -0.39 is 0 Å². The molecule has 0 N–H and O–H groups in total. The molecule has 0 radical (unpaired) electrons. The fourth-order valence-electron chi connectivity index (χ4n) is 5.04. The van der Waals surface area contributed by atoms with E-state index in [9.17, 15) is 4.39 Å². The van der Waals surface area contributed by atoms with Gasteiger partial charge in [-0.15, -0.1) is 0 Å². The van der Waals surface area contributed by atoms with Crippen molar-refractivity contribution in [3.63, 3.8) is 0 Å². The summed E-state index contributed by atoms with van der Waals surface area (Å²) in [4.78, 5) is 2.62. The Hall–Kier alpha value is -2.27. The molecule has 1 unspecified atom stereocenters. The zero-order valence-corrected chi connectivity index (χ0v) is 19.4. The number of hydrogen-bond acceptors (Lipinski definition) is 4. The molecule has 2 heterocycles. The van der Waals surface area contributed by atoms with E-state index >= 15 is 0 Å². The molecule has 0 amide bonds. The highest BCUT2D eigenvalue weighted by molar-refractivity contribution is 5.46. The molecule has 2 aromatic carbocycles. The number of likely N-dealkylation sites (tertiary alicyclic amines) is 1. The zero-order valence-electron chi connectivity index (χ0n) is 19.4. The number of unbranched alkanes of at least 4 members (excludes halogenated alkanes) is 1. The predicted molar refractivity (Wildman–Crippen MR) is 125 cm³/mol. The lowest BCUT2D eigenvalue weighted by molar-refractivity contribution is 0.0958. The average Bonchev–Trinajstić information content (AvgIpc) is 3.29. The van der Waals surface area contributed by atoms with Gasteiger partial charge in [-0.3, -0.25) is 0 Å². The Balaban J connectivity index is 1.44. The minimum Gasteiger partial charge on any atom is -0.493 e. The highest BCUT2D eigenvalue weighted by Crippen LogP contribution is 2.37. The van der Waals surface area contributed by atoms with Crippen molar-refractivity contribution < 1.29 is 18.6 Å². The first-order valence-corrected chi connectivity index (χ1v) is 12.2. The van der Waals surface area contributed by atoms with Crippen LogP contribution in [-0.2, 0) is 0 Å². The molecule has 0 aliphatic carbocycles. The van der Waals surface area contributed by atoms with Crippen LogP contribution in [0, 0.1) is 17.7 Å². The second-order valence-corrected chi connectivity index (χ2v) is 9.21. The second kappa shape index (κ2) is 11.0. The van der Waals surface area contributed by atoms with Crippen molar-refractivity contribution in [1.29, 1.82) is 0 Å². The van der Waals surface area contributed by atoms with Gasteiger partial charge in [-0.25, -0.2) is 4.39 Å². The van der Waals surface area contributed by atoms with Crippen LogP contribution in [0.15, 0.2) is 42.5 Å². The van der Waals surface area contributed by atoms with Crippen molar-refractivity contribution >= 4 is 0 Å². The molecule has 4 rings (SSSR count). The summed E-state index contributed by atoms with van der Waals surface area (Å²) in [6.45, 7) is 8.73. The van der Waals surface area contributed by atoms with Crippen molar-refractivity contribution in [2.24, 2.45) is 11.8 Å². The molecule has 0 saturated carbocycles. The average molecular weight is 442 g/mol. The van der Waals surface area contributed by atoms with Crippen LogP contribution in [0.1, 0.15) is 57.4 Å². The van der Waals surface area contributed by atoms with Crippen molar-refractivity contribution in [3.05, 3.63) is 53.8 Å². The second-order valence-electron chi connectivity index (χ2n) is 9.21. The fourth-order valence-corrected chi connectivity index (χ4v) is 5.04. The third-order valence-electron chi connectivity index (χ3n) is 6.98. The minimum absolute atomic E-state index is 0.180. The Morgan fingerprint density at radius 1 is 1.09 bits per heavy atom. The molecule has 0 bridgehead atoms. The molecular weight excluding hydrogens is 405 g/mol. The molecule has 0 aromatic heterocycles. The zero-order chi connectivity index (χ0) is 22.3. The van der Waals surface area contributed by atoms with Crippen LogP contribution in [0.2, 0.25) is 0 Å². The molecule has 32 heavy (non-hydrogen) atoms. The highest BCUT2D eigenvalue weighted by Gasteiger charge is 2.32. The number of ether oxygens (including phenoxy) is 3. The van der Waals surface area contributed by atoms with E-state index in [1.807, 2.05) is 30.3 Å². The maximum atomic E-state index is 13.5. The summed E-state index contributed by atoms with van der Waals surface area (Å²) in [6.07, 6.45) is 6.18. The van der Waals surface area contributed by atoms with Gasteiger partial charge in [-0.2, -0.15) is 0 Å². The molecule has 2 aromatic rings. The molecule has 1 fully saturated rings. The van der Waals surface area contributed by atoms with E-state index in [2.05, 4.69) is 18.7 Å². The van der Waals surface area contributed by atoms with Gasteiger partial charge >= 0.3 is 0 Å². The molecule has 5 heteroatoms. The highest BCUT2D eigenvalue weighted by atomic mass is 19.1. The van der Waals surface area contributed by atoms with E-state index in [1.54, 1.807) is 12.1 Å². The van der Waals surface area contributed by atoms with Crippen LogP contribution in [0.3, 0.4) is 0 Å². The van der Waals surface area contributed by atoms with Crippen LogP contribution >= 0.6 is 0 Å². The predicted octanol–water partition coefficient (Wildman–Crippen LogP) is 6.26. The summed E-state index contributed by atoms with van der Waals surface area (Å²) in [6, 6.07) is 12.8. The number of nitrogens with zero attached hydrogens (tertiary/aromatic N) is 1. The number of hydrogen-bond donors (Lipinski definition) is 0. The number of fused-ring (bicyclic) bond motifs is 1. The molecule has 174 valence electrons. The molecule has 2 aliphatic heterocycles. The molecule has 3 atom stereocenters. The van der Waals surface area contributed by atoms with Gasteiger partial charge in [0.15, 0.2) is 11.5 Å². The minimum atomic E-state index is -0.180. The summed E-state index contributed by atoms with van der Waals surface area (Å²) in [5.41, 5.74) is 1.21. The van der Waals surface area contributed by atoms with Crippen LogP contribution < -0.4 is 14.2 Å². The maximum absolute atomic E-state index is 13.5. The van der Waals surface area contributed by atoms with Gasteiger partial charge in [-0.05, 0) is 61.1 Å². The summed E-state index contributed by atoms with van der Waals surface area (Å²) < 4.78 is 30.7. The van der Waals surface area contributed by atoms with Gasteiger partial charge < -0.3 is 19.1 Å². The molecule has 1 saturated heterocycles. The van der Waals surface area contributed by atoms with Crippen LogP contribution in [0.25, 0.3) is 0 Å². The smallest absolute Gasteiger partial charge is 0.231 e. The van der Waals surface area contributed by atoms with Gasteiger partial charge in [0.05, 0.1) is 6.61 Å². The Morgan fingerprint density at radius 3 is 2.69 bits per heavy atom. The first-order valence-electron chi connectivity index (χ1n) is 12.2. The Bertz CT molecular complexity index is 856. The lowest BCUT2D eigenvalue weighted by atomic mass is 9.80. The van der Waals surface area contributed by atoms with E-state index in [0.29, 0.717) is 18.4 Å². The van der Waals surface area contributed by atoms with Gasteiger partial charge in [0.25, 0.3) is 0 Å². The van der Waals surface area contributed by atoms with Gasteiger partial charge in [-0.1, -0.05) is 45.2 Å². The molecule has 0 spiro atoms. The van der Waals surface area contributed by atoms with Crippen LogP contribution in [0.4, 0.5) is 4.39 Å². The van der Waals surface area contributed by atoms with Crippen LogP contribution in [0.5, 0.6) is 17.2 Å². The maximum Gasteiger partial charge on any atom is 0.231 e. The largest absolute Gasteiger partial charge is 0.493 e. The Morgan fingerprint density at radius 2 is 1.91 bits per heavy atom. The fraction of sp³-hybridized carbons (Fsp3) is 0.556. The quantitative estimate of drug-likeness (QED) is 0.436. The lowest BCUT2D eigenvalue weighted by Gasteiger charge is -2.40. The van der Waals surface area contributed by atoms with E-state index in [4.69, 9.17) is 14.2 Å². The van der Waals surface area contributed by atoms with Crippen molar-refractivity contribution in [1.82, 2.24) is 4.90 Å². The number of rotatable bonds is 10. The van der Waals surface area contributed by atoms with E-state index in [1.165, 1.54) is 31.2 Å². The Labute approximate surface area is 191 Å². The van der Waals surface area contributed by atoms with E-state index in [-0.39, 0.29) is 12.6 Å². The van der Waals surface area contributed by atoms with Gasteiger partial charge in [0.1, 0.15) is 11.6 Å². The van der Waals surface area contributed by atoms with Crippen molar-refractivity contribution in [2.45, 2.75) is 51.9 Å². The monoisotopic (exact) mass is 441 g/mol. The standard InChI is InChI=1S/C27H36FNO3/c1-3-5-6-20(4-2)16-29-14-13-25(21-7-9-23(28)10-8-21)22(17-29)18-30-24-11-12-26-27(15-24)32-19-31-26/h7-12,15,20,22,25H,3-6,13-14,16-19H2,1-2H3/t20?,22-,25-/m1/s1. The van der Waals surface area contributed by atoms with Crippen molar-refractivity contribution in [3.8, 4) is 17.2 Å². The molecular formula is C27H36FNO3. The van der Waals surface area contributed by atoms with Gasteiger partial charge in [0, 0.05) is 25.1 Å². The third kappa shape index (κ3) is 5.74. The summed E-state index contributed by atoms with van der Waals surface area (Å²) in [5.74, 6) is 3.61. The third-order valence-corrected chi connectivity index (χ3v) is 6.98. The van der Waals surface area contributed by atoms with Crippen molar-refractivity contribution in [2.75, 3.05) is 33.0 Å². The van der Waals surface area contributed by atoms with Gasteiger partial charge in [0.2, 0.25) is 6.79 Å². The first kappa shape index (κ1) is 22.9. The molecule has 4 nitrogen and oxygen atoms in total. The number of benzene rings is 2. The van der Waals surface area contributed by atoms with Crippen LogP contribution in [-0.4, -0.2) is 37.9 Å². The normalized spacial score (nSPS) is 21.5. The first-order chi connectivity index (χ1) is 15.7. The number of halogens is 1. The number of piperidine rings is 1. The topological polar surface area (TPSA) is 30.9 Å². The molecule has 2 aliphatic rings. The summed E-state index contributed by atoms with van der Waals surface area (Å²) >= 11 is 0. The lowest BCUT2D eigenvalue weighted by Crippen LogP contribution is -2.43.